The maximum atomic E-state index is 12.1. The lowest BCUT2D eigenvalue weighted by molar-refractivity contribution is -0.118. The van der Waals surface area contributed by atoms with Gasteiger partial charge in [0, 0.05) is 24.6 Å². The summed E-state index contributed by atoms with van der Waals surface area (Å²) in [5.74, 6) is 0.193. The smallest absolute Gasteiger partial charge is 0.262 e. The molecule has 0 unspecified atom stereocenters. The predicted molar refractivity (Wildman–Crippen MR) is 107 cm³/mol. The summed E-state index contributed by atoms with van der Waals surface area (Å²) in [5.41, 5.74) is 3.14. The molecule has 0 aliphatic heterocycles. The number of anilines is 1. The van der Waals surface area contributed by atoms with E-state index in [0.717, 1.165) is 11.1 Å². The Morgan fingerprint density at radius 3 is 2.61 bits per heavy atom. The molecule has 28 heavy (non-hydrogen) atoms. The van der Waals surface area contributed by atoms with Gasteiger partial charge in [-0.15, -0.1) is 0 Å². The van der Waals surface area contributed by atoms with Crippen LogP contribution in [0.3, 0.4) is 0 Å². The Kier molecular flexibility index (Phi) is 6.36. The molecule has 2 aromatic carbocycles. The average molecular weight is 375 g/mol. The minimum absolute atomic E-state index is 0.0783. The zero-order chi connectivity index (χ0) is 19.8. The van der Waals surface area contributed by atoms with Crippen molar-refractivity contribution in [3.8, 4) is 5.75 Å². The van der Waals surface area contributed by atoms with Gasteiger partial charge in [-0.05, 0) is 48.9 Å². The predicted octanol–water partition coefficient (Wildman–Crippen LogP) is 3.34. The quantitative estimate of drug-likeness (QED) is 0.664. The first-order valence-corrected chi connectivity index (χ1v) is 8.86. The summed E-state index contributed by atoms with van der Waals surface area (Å²) in [7, 11) is 0. The largest absolute Gasteiger partial charge is 0.484 e. The first-order chi connectivity index (χ1) is 13.6. The Hall–Kier alpha value is -3.67. The van der Waals surface area contributed by atoms with Crippen LogP contribution in [-0.4, -0.2) is 23.4 Å². The summed E-state index contributed by atoms with van der Waals surface area (Å²) >= 11 is 0. The second-order valence-electron chi connectivity index (χ2n) is 6.27. The van der Waals surface area contributed by atoms with E-state index in [1.54, 1.807) is 24.4 Å². The van der Waals surface area contributed by atoms with Crippen molar-refractivity contribution < 1.29 is 14.3 Å². The Morgan fingerprint density at radius 2 is 1.86 bits per heavy atom. The highest BCUT2D eigenvalue weighted by atomic mass is 16.5. The first kappa shape index (κ1) is 19.1. The molecule has 2 N–H and O–H groups in total. The number of carbonyl (C=O) groups excluding carboxylic acids is 2. The Balaban J connectivity index is 1.50. The third-order valence-electron chi connectivity index (χ3n) is 3.98. The van der Waals surface area contributed by atoms with E-state index in [9.17, 15) is 9.59 Å². The number of aromatic nitrogens is 1. The molecule has 3 aromatic rings. The van der Waals surface area contributed by atoms with Crippen molar-refractivity contribution in [2.75, 3.05) is 11.9 Å². The molecule has 0 saturated heterocycles. The summed E-state index contributed by atoms with van der Waals surface area (Å²) < 4.78 is 5.48. The van der Waals surface area contributed by atoms with Gasteiger partial charge in [-0.2, -0.15) is 0 Å². The van der Waals surface area contributed by atoms with Gasteiger partial charge in [0.05, 0.1) is 5.56 Å². The van der Waals surface area contributed by atoms with Crippen molar-refractivity contribution in [1.29, 1.82) is 0 Å². The van der Waals surface area contributed by atoms with Crippen LogP contribution < -0.4 is 15.4 Å². The number of hydrogen-bond donors (Lipinski definition) is 2. The summed E-state index contributed by atoms with van der Waals surface area (Å²) in [6.07, 6.45) is 3.13. The number of amides is 2. The number of nitrogens with zero attached hydrogens (tertiary/aromatic N) is 1. The van der Waals surface area contributed by atoms with E-state index in [1.807, 2.05) is 49.4 Å². The summed E-state index contributed by atoms with van der Waals surface area (Å²) in [5, 5.41) is 5.63. The van der Waals surface area contributed by atoms with Crippen LogP contribution in [0.5, 0.6) is 5.75 Å². The van der Waals surface area contributed by atoms with Crippen LogP contribution in [0.15, 0.2) is 73.1 Å². The van der Waals surface area contributed by atoms with Crippen LogP contribution in [0.4, 0.5) is 5.69 Å². The molecular weight excluding hydrogens is 354 g/mol. The lowest BCUT2D eigenvalue weighted by Gasteiger charge is -2.10. The van der Waals surface area contributed by atoms with Crippen LogP contribution in [-0.2, 0) is 11.3 Å². The molecule has 6 heteroatoms. The van der Waals surface area contributed by atoms with Crippen LogP contribution in [0.1, 0.15) is 21.5 Å². The fourth-order valence-electron chi connectivity index (χ4n) is 2.52. The molecule has 0 bridgehead atoms. The second-order valence-corrected chi connectivity index (χ2v) is 6.27. The molecule has 0 fully saturated rings. The van der Waals surface area contributed by atoms with Crippen molar-refractivity contribution in [3.05, 3.63) is 89.7 Å². The number of rotatable bonds is 7. The molecule has 0 aliphatic rings. The number of pyridine rings is 1. The number of hydrogen-bond acceptors (Lipinski definition) is 4. The van der Waals surface area contributed by atoms with Crippen molar-refractivity contribution in [2.45, 2.75) is 13.5 Å². The second kappa shape index (κ2) is 9.32. The van der Waals surface area contributed by atoms with Crippen molar-refractivity contribution in [1.82, 2.24) is 10.3 Å². The molecule has 0 spiro atoms. The average Bonchev–Trinajstić information content (AvgIpc) is 2.72. The van der Waals surface area contributed by atoms with E-state index in [2.05, 4.69) is 15.6 Å². The van der Waals surface area contributed by atoms with E-state index in [-0.39, 0.29) is 18.4 Å². The third kappa shape index (κ3) is 5.67. The number of nitrogens with one attached hydrogen (secondary N) is 2. The minimum Gasteiger partial charge on any atom is -0.484 e. The van der Waals surface area contributed by atoms with E-state index in [0.29, 0.717) is 23.5 Å². The Labute approximate surface area is 163 Å². The molecular formula is C22H21N3O3. The van der Waals surface area contributed by atoms with Gasteiger partial charge in [0.1, 0.15) is 5.75 Å². The van der Waals surface area contributed by atoms with Gasteiger partial charge in [-0.3, -0.25) is 14.6 Å². The molecule has 142 valence electrons. The highest BCUT2D eigenvalue weighted by Gasteiger charge is 2.07. The molecule has 0 radical (unpaired) electrons. The van der Waals surface area contributed by atoms with Gasteiger partial charge in [-0.1, -0.05) is 29.8 Å². The van der Waals surface area contributed by atoms with E-state index >= 15 is 0 Å². The number of carbonyl (C=O) groups is 2. The molecule has 6 nitrogen and oxygen atoms in total. The standard InChI is InChI=1S/C22H21N3O3/c1-16-7-9-20(10-8-16)28-15-21(26)25-19-6-2-4-17(12-19)13-24-22(27)18-5-3-11-23-14-18/h2-12,14H,13,15H2,1H3,(H,24,27)(H,25,26). The number of benzene rings is 2. The maximum absolute atomic E-state index is 12.1. The number of ether oxygens (including phenoxy) is 1. The first-order valence-electron chi connectivity index (χ1n) is 8.86. The highest BCUT2D eigenvalue weighted by molar-refractivity contribution is 5.94. The normalized spacial score (nSPS) is 10.2. The van der Waals surface area contributed by atoms with Gasteiger partial charge < -0.3 is 15.4 Å². The summed E-state index contributed by atoms with van der Waals surface area (Å²) in [6, 6.07) is 18.2. The minimum atomic E-state index is -0.253. The fraction of sp³-hybridized carbons (Fsp3) is 0.136. The Bertz CT molecular complexity index is 941. The highest BCUT2D eigenvalue weighted by Crippen LogP contribution is 2.13. The molecule has 0 saturated carbocycles. The monoisotopic (exact) mass is 375 g/mol. The van der Waals surface area contributed by atoms with Gasteiger partial charge in [0.15, 0.2) is 6.61 Å². The van der Waals surface area contributed by atoms with Crippen LogP contribution >= 0.6 is 0 Å². The molecule has 0 aliphatic carbocycles. The van der Waals surface area contributed by atoms with Gasteiger partial charge >= 0.3 is 0 Å². The van der Waals surface area contributed by atoms with Gasteiger partial charge in [-0.25, -0.2) is 0 Å². The zero-order valence-corrected chi connectivity index (χ0v) is 15.5. The Morgan fingerprint density at radius 1 is 1.04 bits per heavy atom. The van der Waals surface area contributed by atoms with E-state index < -0.39 is 0 Å². The fourth-order valence-corrected chi connectivity index (χ4v) is 2.52. The van der Waals surface area contributed by atoms with Crippen LogP contribution in [0.25, 0.3) is 0 Å². The topological polar surface area (TPSA) is 80.3 Å². The number of aryl methyl sites for hydroxylation is 1. The van der Waals surface area contributed by atoms with Crippen molar-refractivity contribution >= 4 is 17.5 Å². The molecule has 1 aromatic heterocycles. The summed E-state index contributed by atoms with van der Waals surface area (Å²) in [6.45, 7) is 2.25. The lowest BCUT2D eigenvalue weighted by atomic mass is 10.2. The molecule has 0 atom stereocenters. The molecule has 3 rings (SSSR count). The van der Waals surface area contributed by atoms with Gasteiger partial charge in [0.2, 0.25) is 0 Å². The van der Waals surface area contributed by atoms with Gasteiger partial charge in [0.25, 0.3) is 11.8 Å². The van der Waals surface area contributed by atoms with Crippen molar-refractivity contribution in [3.63, 3.8) is 0 Å². The van der Waals surface area contributed by atoms with E-state index in [1.165, 1.54) is 6.20 Å². The molecule has 2 amide bonds. The van der Waals surface area contributed by atoms with Crippen LogP contribution in [0.2, 0.25) is 0 Å². The van der Waals surface area contributed by atoms with Crippen LogP contribution in [0, 0.1) is 6.92 Å². The SMILES string of the molecule is Cc1ccc(OCC(=O)Nc2cccc(CNC(=O)c3cccnc3)c2)cc1. The van der Waals surface area contributed by atoms with Crippen molar-refractivity contribution in [2.24, 2.45) is 0 Å². The zero-order valence-electron chi connectivity index (χ0n) is 15.5. The lowest BCUT2D eigenvalue weighted by Crippen LogP contribution is -2.23. The third-order valence-corrected chi connectivity index (χ3v) is 3.98. The molecule has 1 heterocycles. The van der Waals surface area contributed by atoms with E-state index in [4.69, 9.17) is 4.74 Å². The maximum Gasteiger partial charge on any atom is 0.262 e. The summed E-state index contributed by atoms with van der Waals surface area (Å²) in [4.78, 5) is 28.1.